The summed E-state index contributed by atoms with van der Waals surface area (Å²) in [5.74, 6) is 1.04. The predicted molar refractivity (Wildman–Crippen MR) is 86.6 cm³/mol. The number of benzene rings is 2. The molecule has 2 unspecified atom stereocenters. The second-order valence-corrected chi connectivity index (χ2v) is 5.96. The molecular formula is C19H23NO. The van der Waals surface area contributed by atoms with E-state index in [1.807, 2.05) is 6.07 Å². The summed E-state index contributed by atoms with van der Waals surface area (Å²) < 4.78 is 6.13. The number of para-hydroxylation sites is 1. The minimum absolute atomic E-state index is 0.00791. The minimum Gasteiger partial charge on any atom is -0.490 e. The molecule has 2 aromatic rings. The predicted octanol–water partition coefficient (Wildman–Crippen LogP) is 3.69. The molecule has 3 rings (SSSR count). The van der Waals surface area contributed by atoms with Gasteiger partial charge in [-0.1, -0.05) is 55.5 Å². The lowest BCUT2D eigenvalue weighted by Crippen LogP contribution is -2.39. The maximum atomic E-state index is 6.18. The Kier molecular flexibility index (Phi) is 3.98. The van der Waals surface area contributed by atoms with Crippen molar-refractivity contribution in [2.75, 3.05) is 6.54 Å². The maximum Gasteiger partial charge on any atom is 0.123 e. The van der Waals surface area contributed by atoms with Crippen molar-refractivity contribution in [3.8, 4) is 5.75 Å². The summed E-state index contributed by atoms with van der Waals surface area (Å²) >= 11 is 0. The SMILES string of the molecule is CCC(CN)(CC1Cc2ccccc2O1)c1ccccc1. The molecule has 2 nitrogen and oxygen atoms in total. The van der Waals surface area contributed by atoms with E-state index in [2.05, 4.69) is 55.5 Å². The van der Waals surface area contributed by atoms with Gasteiger partial charge in [-0.05, 0) is 30.0 Å². The van der Waals surface area contributed by atoms with E-state index in [1.165, 1.54) is 11.1 Å². The van der Waals surface area contributed by atoms with Crippen molar-refractivity contribution in [3.63, 3.8) is 0 Å². The van der Waals surface area contributed by atoms with Crippen LogP contribution in [0.25, 0.3) is 0 Å². The van der Waals surface area contributed by atoms with Crippen LogP contribution in [0.15, 0.2) is 54.6 Å². The van der Waals surface area contributed by atoms with Gasteiger partial charge in [-0.25, -0.2) is 0 Å². The van der Waals surface area contributed by atoms with Gasteiger partial charge in [-0.2, -0.15) is 0 Å². The van der Waals surface area contributed by atoms with Crippen LogP contribution in [0.2, 0.25) is 0 Å². The smallest absolute Gasteiger partial charge is 0.123 e. The van der Waals surface area contributed by atoms with E-state index in [0.717, 1.165) is 25.0 Å². The molecule has 0 radical (unpaired) electrons. The van der Waals surface area contributed by atoms with Gasteiger partial charge in [0.2, 0.25) is 0 Å². The second-order valence-electron chi connectivity index (χ2n) is 5.96. The molecule has 0 saturated heterocycles. The molecule has 2 heteroatoms. The molecule has 2 N–H and O–H groups in total. The lowest BCUT2D eigenvalue weighted by molar-refractivity contribution is 0.176. The average molecular weight is 281 g/mol. The second kappa shape index (κ2) is 5.90. The Balaban J connectivity index is 1.82. The lowest BCUT2D eigenvalue weighted by Gasteiger charge is -2.34. The Morgan fingerprint density at radius 3 is 2.48 bits per heavy atom. The quantitative estimate of drug-likeness (QED) is 0.907. The number of fused-ring (bicyclic) bond motifs is 1. The Hall–Kier alpha value is -1.80. The van der Waals surface area contributed by atoms with Crippen LogP contribution in [0.4, 0.5) is 0 Å². The largest absolute Gasteiger partial charge is 0.490 e. The zero-order chi connectivity index (χ0) is 14.7. The summed E-state index contributed by atoms with van der Waals surface area (Å²) in [6.07, 6.45) is 3.22. The van der Waals surface area contributed by atoms with Crippen LogP contribution < -0.4 is 10.5 Å². The molecule has 2 atom stereocenters. The Bertz CT molecular complexity index is 565. The van der Waals surface area contributed by atoms with Crippen LogP contribution in [0.1, 0.15) is 30.9 Å². The number of hydrogen-bond donors (Lipinski definition) is 1. The third-order valence-corrected chi connectivity index (χ3v) is 4.79. The highest BCUT2D eigenvalue weighted by atomic mass is 16.5. The standard InChI is InChI=1S/C19H23NO/c1-2-19(14-20,16-9-4-3-5-10-16)13-17-12-15-8-6-7-11-18(15)21-17/h3-11,17H,2,12-14,20H2,1H3. The Labute approximate surface area is 126 Å². The third kappa shape index (κ3) is 2.68. The normalized spacial score (nSPS) is 19.6. The Morgan fingerprint density at radius 1 is 1.10 bits per heavy atom. The minimum atomic E-state index is 0.00791. The maximum absolute atomic E-state index is 6.18. The average Bonchev–Trinajstić information content (AvgIpc) is 2.96. The first-order chi connectivity index (χ1) is 10.3. The third-order valence-electron chi connectivity index (χ3n) is 4.79. The van der Waals surface area contributed by atoms with E-state index >= 15 is 0 Å². The fourth-order valence-electron chi connectivity index (χ4n) is 3.41. The van der Waals surface area contributed by atoms with Gasteiger partial charge in [0, 0.05) is 18.4 Å². The van der Waals surface area contributed by atoms with E-state index in [9.17, 15) is 0 Å². The molecule has 0 amide bonds. The summed E-state index contributed by atoms with van der Waals surface area (Å²) in [4.78, 5) is 0. The first kappa shape index (κ1) is 14.2. The molecule has 0 fully saturated rings. The lowest BCUT2D eigenvalue weighted by atomic mass is 9.73. The van der Waals surface area contributed by atoms with Gasteiger partial charge in [0.05, 0.1) is 0 Å². The number of hydrogen-bond acceptors (Lipinski definition) is 2. The van der Waals surface area contributed by atoms with E-state index in [1.54, 1.807) is 0 Å². The van der Waals surface area contributed by atoms with Crippen molar-refractivity contribution >= 4 is 0 Å². The van der Waals surface area contributed by atoms with Crippen molar-refractivity contribution in [2.24, 2.45) is 5.73 Å². The first-order valence-electron chi connectivity index (χ1n) is 7.77. The first-order valence-corrected chi connectivity index (χ1v) is 7.77. The zero-order valence-electron chi connectivity index (χ0n) is 12.6. The van der Waals surface area contributed by atoms with Crippen molar-refractivity contribution in [2.45, 2.75) is 37.7 Å². The van der Waals surface area contributed by atoms with Gasteiger partial charge in [0.1, 0.15) is 11.9 Å². The summed E-state index contributed by atoms with van der Waals surface area (Å²) in [6, 6.07) is 19.0. The molecule has 0 aromatic heterocycles. The summed E-state index contributed by atoms with van der Waals surface area (Å²) in [5, 5.41) is 0. The molecule has 2 aromatic carbocycles. The summed E-state index contributed by atoms with van der Waals surface area (Å²) in [6.45, 7) is 2.88. The summed E-state index contributed by atoms with van der Waals surface area (Å²) in [7, 11) is 0. The van der Waals surface area contributed by atoms with Crippen molar-refractivity contribution in [1.82, 2.24) is 0 Å². The van der Waals surface area contributed by atoms with Gasteiger partial charge in [0.25, 0.3) is 0 Å². The van der Waals surface area contributed by atoms with E-state index in [0.29, 0.717) is 6.54 Å². The molecule has 0 bridgehead atoms. The van der Waals surface area contributed by atoms with Crippen molar-refractivity contribution in [1.29, 1.82) is 0 Å². The molecule has 1 aliphatic heterocycles. The molecule has 0 saturated carbocycles. The molecule has 1 aliphatic rings. The fraction of sp³-hybridized carbons (Fsp3) is 0.368. The molecule has 0 spiro atoms. The van der Waals surface area contributed by atoms with Gasteiger partial charge < -0.3 is 10.5 Å². The van der Waals surface area contributed by atoms with Gasteiger partial charge in [-0.15, -0.1) is 0 Å². The van der Waals surface area contributed by atoms with E-state index in [-0.39, 0.29) is 11.5 Å². The van der Waals surface area contributed by atoms with Crippen LogP contribution >= 0.6 is 0 Å². The molecule has 110 valence electrons. The number of ether oxygens (including phenoxy) is 1. The van der Waals surface area contributed by atoms with E-state index < -0.39 is 0 Å². The number of rotatable bonds is 5. The van der Waals surface area contributed by atoms with Crippen molar-refractivity contribution < 1.29 is 4.74 Å². The van der Waals surface area contributed by atoms with Gasteiger partial charge in [0.15, 0.2) is 0 Å². The molecule has 0 aliphatic carbocycles. The molecule has 21 heavy (non-hydrogen) atoms. The van der Waals surface area contributed by atoms with Gasteiger partial charge >= 0.3 is 0 Å². The van der Waals surface area contributed by atoms with E-state index in [4.69, 9.17) is 10.5 Å². The molecule has 1 heterocycles. The Morgan fingerprint density at radius 2 is 1.81 bits per heavy atom. The summed E-state index contributed by atoms with van der Waals surface area (Å²) in [5.41, 5.74) is 8.83. The highest BCUT2D eigenvalue weighted by molar-refractivity contribution is 5.38. The fourth-order valence-corrected chi connectivity index (χ4v) is 3.41. The van der Waals surface area contributed by atoms with Crippen LogP contribution in [-0.2, 0) is 11.8 Å². The van der Waals surface area contributed by atoms with Crippen LogP contribution in [-0.4, -0.2) is 12.6 Å². The van der Waals surface area contributed by atoms with Crippen LogP contribution in [0.5, 0.6) is 5.75 Å². The zero-order valence-corrected chi connectivity index (χ0v) is 12.6. The molecular weight excluding hydrogens is 258 g/mol. The topological polar surface area (TPSA) is 35.2 Å². The van der Waals surface area contributed by atoms with Crippen molar-refractivity contribution in [3.05, 3.63) is 65.7 Å². The number of nitrogens with two attached hydrogens (primary N) is 1. The van der Waals surface area contributed by atoms with Crippen LogP contribution in [0, 0.1) is 0 Å². The van der Waals surface area contributed by atoms with Gasteiger partial charge in [-0.3, -0.25) is 0 Å². The highest BCUT2D eigenvalue weighted by Gasteiger charge is 2.35. The highest BCUT2D eigenvalue weighted by Crippen LogP contribution is 2.37. The van der Waals surface area contributed by atoms with Crippen LogP contribution in [0.3, 0.4) is 0 Å². The monoisotopic (exact) mass is 281 g/mol.